The second-order valence-electron chi connectivity index (χ2n) is 5.67. The van der Waals surface area contributed by atoms with Crippen molar-refractivity contribution < 1.29 is 13.5 Å². The van der Waals surface area contributed by atoms with Gasteiger partial charge >= 0.3 is 0 Å². The molecule has 0 bridgehead atoms. The number of nitrogens with zero attached hydrogens (tertiary/aromatic N) is 1. The van der Waals surface area contributed by atoms with Crippen LogP contribution in [0.2, 0.25) is 0 Å². The summed E-state index contributed by atoms with van der Waals surface area (Å²) in [6.45, 7) is 3.38. The first-order chi connectivity index (χ1) is 9.51. The quantitative estimate of drug-likeness (QED) is 0.926. The molecule has 2 rings (SSSR count). The van der Waals surface area contributed by atoms with Gasteiger partial charge in [0, 0.05) is 13.1 Å². The molecule has 0 saturated carbocycles. The number of aliphatic hydroxyl groups excluding tert-OH is 1. The molecule has 1 aliphatic rings. The topological polar surface area (TPSA) is 57.6 Å². The molecule has 1 saturated heterocycles. The lowest BCUT2D eigenvalue weighted by atomic mass is 10.0. The van der Waals surface area contributed by atoms with Crippen LogP contribution in [0.1, 0.15) is 37.3 Å². The molecule has 0 aromatic heterocycles. The van der Waals surface area contributed by atoms with Crippen molar-refractivity contribution >= 4 is 10.0 Å². The Balaban J connectivity index is 2.09. The zero-order valence-electron chi connectivity index (χ0n) is 12.0. The second kappa shape index (κ2) is 6.70. The lowest BCUT2D eigenvalue weighted by Gasteiger charge is -2.20. The molecule has 1 unspecified atom stereocenters. The van der Waals surface area contributed by atoms with Crippen molar-refractivity contribution in [3.63, 3.8) is 0 Å². The summed E-state index contributed by atoms with van der Waals surface area (Å²) in [5, 5.41) is 9.12. The molecule has 112 valence electrons. The first kappa shape index (κ1) is 15.5. The van der Waals surface area contributed by atoms with Crippen LogP contribution in [0.25, 0.3) is 0 Å². The summed E-state index contributed by atoms with van der Waals surface area (Å²) in [6, 6.07) is 7.15. The van der Waals surface area contributed by atoms with Crippen LogP contribution in [0.4, 0.5) is 0 Å². The standard InChI is InChI=1S/C15H23NO3S/c1-13-4-3-8-16(9-7-13)20(18,19)12-15-6-2-5-14(10-15)11-17/h2,5-6,10,13,17H,3-4,7-9,11-12H2,1H3. The van der Waals surface area contributed by atoms with Crippen molar-refractivity contribution in [1.82, 2.24) is 4.31 Å². The van der Waals surface area contributed by atoms with Crippen LogP contribution >= 0.6 is 0 Å². The minimum Gasteiger partial charge on any atom is -0.392 e. The van der Waals surface area contributed by atoms with Crippen LogP contribution in [-0.2, 0) is 22.4 Å². The van der Waals surface area contributed by atoms with Crippen LogP contribution in [0, 0.1) is 5.92 Å². The van der Waals surface area contributed by atoms with Crippen LogP contribution in [0.5, 0.6) is 0 Å². The van der Waals surface area contributed by atoms with Crippen molar-refractivity contribution in [3.05, 3.63) is 35.4 Å². The van der Waals surface area contributed by atoms with Gasteiger partial charge < -0.3 is 5.11 Å². The third-order valence-corrected chi connectivity index (χ3v) is 5.74. The van der Waals surface area contributed by atoms with E-state index in [0.29, 0.717) is 19.0 Å². The fourth-order valence-electron chi connectivity index (χ4n) is 2.63. The predicted octanol–water partition coefficient (Wildman–Crippen LogP) is 2.13. The fourth-order valence-corrected chi connectivity index (χ4v) is 4.21. The lowest BCUT2D eigenvalue weighted by molar-refractivity contribution is 0.281. The highest BCUT2D eigenvalue weighted by atomic mass is 32.2. The van der Waals surface area contributed by atoms with Gasteiger partial charge in [-0.1, -0.05) is 31.2 Å². The summed E-state index contributed by atoms with van der Waals surface area (Å²) in [6.07, 6.45) is 2.99. The van der Waals surface area contributed by atoms with Crippen LogP contribution in [-0.4, -0.2) is 30.9 Å². The van der Waals surface area contributed by atoms with E-state index in [1.165, 1.54) is 0 Å². The van der Waals surface area contributed by atoms with E-state index in [2.05, 4.69) is 6.92 Å². The molecule has 0 amide bonds. The van der Waals surface area contributed by atoms with Gasteiger partial charge in [-0.25, -0.2) is 12.7 Å². The average molecular weight is 297 g/mol. The molecule has 20 heavy (non-hydrogen) atoms. The van der Waals surface area contributed by atoms with Gasteiger partial charge in [-0.2, -0.15) is 0 Å². The van der Waals surface area contributed by atoms with E-state index in [1.54, 1.807) is 28.6 Å². The molecule has 0 spiro atoms. The molecule has 1 atom stereocenters. The first-order valence-electron chi connectivity index (χ1n) is 7.18. The maximum atomic E-state index is 12.5. The summed E-state index contributed by atoms with van der Waals surface area (Å²) in [4.78, 5) is 0. The van der Waals surface area contributed by atoms with Gasteiger partial charge in [-0.05, 0) is 36.3 Å². The molecule has 1 fully saturated rings. The van der Waals surface area contributed by atoms with Gasteiger partial charge in [0.2, 0.25) is 10.0 Å². The van der Waals surface area contributed by atoms with Gasteiger partial charge in [0.15, 0.2) is 0 Å². The summed E-state index contributed by atoms with van der Waals surface area (Å²) < 4.78 is 26.6. The smallest absolute Gasteiger partial charge is 0.218 e. The Hall–Kier alpha value is -0.910. The van der Waals surface area contributed by atoms with Gasteiger partial charge in [0.25, 0.3) is 0 Å². The molecule has 4 nitrogen and oxygen atoms in total. The minimum atomic E-state index is -3.26. The first-order valence-corrected chi connectivity index (χ1v) is 8.78. The number of hydrogen-bond donors (Lipinski definition) is 1. The van der Waals surface area contributed by atoms with Crippen molar-refractivity contribution in [2.75, 3.05) is 13.1 Å². The Kier molecular flexibility index (Phi) is 5.18. The van der Waals surface area contributed by atoms with E-state index in [9.17, 15) is 8.42 Å². The molecule has 0 aliphatic carbocycles. The molecule has 1 aliphatic heterocycles. The summed E-state index contributed by atoms with van der Waals surface area (Å²) in [5.41, 5.74) is 1.50. The van der Waals surface area contributed by atoms with Gasteiger partial charge in [-0.15, -0.1) is 0 Å². The van der Waals surface area contributed by atoms with Gasteiger partial charge in [0.05, 0.1) is 12.4 Å². The van der Waals surface area contributed by atoms with E-state index in [4.69, 9.17) is 5.11 Å². The Morgan fingerprint density at radius 2 is 2.00 bits per heavy atom. The minimum absolute atomic E-state index is 0.0230. The Labute approximate surface area is 121 Å². The molecular formula is C15H23NO3S. The molecular weight excluding hydrogens is 274 g/mol. The van der Waals surface area contributed by atoms with Crippen LogP contribution in [0.3, 0.4) is 0 Å². The van der Waals surface area contributed by atoms with Crippen molar-refractivity contribution in [3.8, 4) is 0 Å². The normalized spacial score (nSPS) is 21.6. The fraction of sp³-hybridized carbons (Fsp3) is 0.600. The number of hydrogen-bond acceptors (Lipinski definition) is 3. The van der Waals surface area contributed by atoms with Gasteiger partial charge in [-0.3, -0.25) is 0 Å². The maximum Gasteiger partial charge on any atom is 0.218 e. The van der Waals surface area contributed by atoms with E-state index in [1.807, 2.05) is 0 Å². The number of rotatable bonds is 4. The molecule has 0 radical (unpaired) electrons. The van der Waals surface area contributed by atoms with E-state index in [0.717, 1.165) is 30.4 Å². The monoisotopic (exact) mass is 297 g/mol. The molecule has 1 aromatic carbocycles. The molecule has 5 heteroatoms. The number of aliphatic hydroxyl groups is 1. The van der Waals surface area contributed by atoms with Crippen molar-refractivity contribution in [2.45, 2.75) is 38.5 Å². The van der Waals surface area contributed by atoms with E-state index >= 15 is 0 Å². The predicted molar refractivity (Wildman–Crippen MR) is 79.6 cm³/mol. The van der Waals surface area contributed by atoms with Crippen LogP contribution < -0.4 is 0 Å². The Bertz CT molecular complexity index is 542. The van der Waals surface area contributed by atoms with Crippen molar-refractivity contribution in [2.24, 2.45) is 5.92 Å². The molecule has 1 aromatic rings. The number of benzene rings is 1. The zero-order chi connectivity index (χ0) is 14.6. The Morgan fingerprint density at radius 3 is 2.75 bits per heavy atom. The van der Waals surface area contributed by atoms with E-state index < -0.39 is 10.0 Å². The van der Waals surface area contributed by atoms with E-state index in [-0.39, 0.29) is 12.4 Å². The largest absolute Gasteiger partial charge is 0.392 e. The SMILES string of the molecule is CC1CCCN(S(=O)(=O)Cc2cccc(CO)c2)CC1. The maximum absolute atomic E-state index is 12.5. The summed E-state index contributed by atoms with van der Waals surface area (Å²) >= 11 is 0. The highest BCUT2D eigenvalue weighted by Crippen LogP contribution is 2.21. The Morgan fingerprint density at radius 1 is 1.25 bits per heavy atom. The molecule has 1 N–H and O–H groups in total. The summed E-state index contributed by atoms with van der Waals surface area (Å²) in [7, 11) is -3.26. The number of sulfonamides is 1. The van der Waals surface area contributed by atoms with Crippen LogP contribution in [0.15, 0.2) is 24.3 Å². The lowest BCUT2D eigenvalue weighted by Crippen LogP contribution is -2.33. The highest BCUT2D eigenvalue weighted by molar-refractivity contribution is 7.88. The summed E-state index contributed by atoms with van der Waals surface area (Å²) in [5.74, 6) is 0.628. The average Bonchev–Trinajstić information content (AvgIpc) is 2.64. The third-order valence-electron chi connectivity index (χ3n) is 3.89. The highest BCUT2D eigenvalue weighted by Gasteiger charge is 2.25. The van der Waals surface area contributed by atoms with Crippen molar-refractivity contribution in [1.29, 1.82) is 0 Å². The molecule has 1 heterocycles. The van der Waals surface area contributed by atoms with Gasteiger partial charge in [0.1, 0.15) is 0 Å². The zero-order valence-corrected chi connectivity index (χ0v) is 12.8. The third kappa shape index (κ3) is 4.04. The second-order valence-corrected chi connectivity index (χ2v) is 7.64.